The molecule has 2 aromatic rings. The lowest BCUT2D eigenvalue weighted by Crippen LogP contribution is -2.60. The first-order valence-corrected chi connectivity index (χ1v) is 10.3. The van der Waals surface area contributed by atoms with E-state index < -0.39 is 23.7 Å². The number of carbonyl (C=O) groups is 1. The van der Waals surface area contributed by atoms with Gasteiger partial charge in [0.25, 0.3) is 0 Å². The molecule has 1 aliphatic rings. The molecule has 1 fully saturated rings. The molecule has 5 heteroatoms. The lowest BCUT2D eigenvalue weighted by Gasteiger charge is -2.48. The molecule has 0 atom stereocenters. The number of anilines is 1. The van der Waals surface area contributed by atoms with Gasteiger partial charge in [-0.1, -0.05) is 31.1 Å². The molecule has 3 rings (SSSR count). The zero-order chi connectivity index (χ0) is 23.5. The molecule has 0 spiro atoms. The molecule has 0 unspecified atom stereocenters. The van der Waals surface area contributed by atoms with Crippen LogP contribution in [0.4, 0.5) is 5.69 Å². The molecule has 1 aliphatic heterocycles. The standard InChI is InChI=1S/C22H30N2O2S/c1-3-21(25)24(19-8-5-4-6-9-19)22(18-26-2)12-15-23(16-13-22)14-11-20-10-7-17-27-20/h4-10,17H,3,11-16,18H2,1-2H3/i4D,5D,6D,8D,9D. The molecule has 0 radical (unpaired) electrons. The fraction of sp³-hybridized carbons (Fsp3) is 0.500. The van der Waals surface area contributed by atoms with Crippen molar-refractivity contribution in [1.29, 1.82) is 0 Å². The first kappa shape index (κ1) is 14.3. The summed E-state index contributed by atoms with van der Waals surface area (Å²) in [5, 5.41) is 2.07. The van der Waals surface area contributed by atoms with Crippen LogP contribution in [0.1, 0.15) is 37.9 Å². The van der Waals surface area contributed by atoms with Crippen LogP contribution >= 0.6 is 11.3 Å². The molecule has 4 nitrogen and oxygen atoms in total. The van der Waals surface area contributed by atoms with Crippen molar-refractivity contribution >= 4 is 22.9 Å². The second-order valence-corrected chi connectivity index (χ2v) is 7.92. The summed E-state index contributed by atoms with van der Waals surface area (Å²) in [7, 11) is 1.57. The maximum absolute atomic E-state index is 13.2. The van der Waals surface area contributed by atoms with Gasteiger partial charge in [0.15, 0.2) is 0 Å². The third-order valence-electron chi connectivity index (χ3n) is 5.19. The van der Waals surface area contributed by atoms with Crippen molar-refractivity contribution in [3.8, 4) is 0 Å². The predicted octanol–water partition coefficient (Wildman–Crippen LogP) is 4.21. The number of hydrogen-bond acceptors (Lipinski definition) is 4. The molecule has 146 valence electrons. The van der Waals surface area contributed by atoms with E-state index in [4.69, 9.17) is 11.6 Å². The molecule has 0 N–H and O–H groups in total. The van der Waals surface area contributed by atoms with Crippen LogP contribution in [0.25, 0.3) is 0 Å². The van der Waals surface area contributed by atoms with Crippen molar-refractivity contribution < 1.29 is 16.4 Å². The Morgan fingerprint density at radius 2 is 2.07 bits per heavy atom. The lowest BCUT2D eigenvalue weighted by atomic mass is 9.85. The van der Waals surface area contributed by atoms with E-state index in [1.54, 1.807) is 25.4 Å². The number of para-hydroxylation sites is 1. The molecule has 0 bridgehead atoms. The van der Waals surface area contributed by atoms with E-state index in [0.29, 0.717) is 12.8 Å². The quantitative estimate of drug-likeness (QED) is 0.676. The summed E-state index contributed by atoms with van der Waals surface area (Å²) in [6, 6.07) is 2.14. The minimum Gasteiger partial charge on any atom is -0.382 e. The van der Waals surface area contributed by atoms with Gasteiger partial charge in [0.1, 0.15) is 0 Å². The topological polar surface area (TPSA) is 32.8 Å². The number of methoxy groups -OCH3 is 1. The summed E-state index contributed by atoms with van der Waals surface area (Å²) < 4.78 is 46.5. The lowest BCUT2D eigenvalue weighted by molar-refractivity contribution is -0.120. The fourth-order valence-electron chi connectivity index (χ4n) is 3.76. The summed E-state index contributed by atoms with van der Waals surface area (Å²) in [6.07, 6.45) is 2.32. The number of likely N-dealkylation sites (tertiary alicyclic amines) is 1. The average molecular weight is 392 g/mol. The molecule has 0 saturated carbocycles. The van der Waals surface area contributed by atoms with Crippen LogP contribution in [0.2, 0.25) is 0 Å². The average Bonchev–Trinajstić information content (AvgIpc) is 3.32. The van der Waals surface area contributed by atoms with Gasteiger partial charge in [-0.25, -0.2) is 0 Å². The second kappa shape index (κ2) is 9.49. The molecule has 1 amide bonds. The zero-order valence-corrected chi connectivity index (χ0v) is 16.8. The van der Waals surface area contributed by atoms with E-state index in [1.807, 2.05) is 6.07 Å². The van der Waals surface area contributed by atoms with Crippen LogP contribution in [0.3, 0.4) is 0 Å². The Hall–Kier alpha value is -1.69. The van der Waals surface area contributed by atoms with Crippen molar-refractivity contribution in [2.75, 3.05) is 38.3 Å². The Morgan fingerprint density at radius 1 is 1.33 bits per heavy atom. The van der Waals surface area contributed by atoms with Gasteiger partial charge in [-0.15, -0.1) is 11.3 Å². The number of carbonyl (C=O) groups excluding carboxylic acids is 1. The van der Waals surface area contributed by atoms with Gasteiger partial charge in [0.2, 0.25) is 5.91 Å². The van der Waals surface area contributed by atoms with Crippen LogP contribution < -0.4 is 4.90 Å². The van der Waals surface area contributed by atoms with E-state index in [0.717, 1.165) is 26.1 Å². The van der Waals surface area contributed by atoms with Gasteiger partial charge in [0, 0.05) is 43.7 Å². The molecule has 27 heavy (non-hydrogen) atoms. The molecule has 1 aromatic carbocycles. The van der Waals surface area contributed by atoms with Gasteiger partial charge in [-0.2, -0.15) is 0 Å². The number of hydrogen-bond donors (Lipinski definition) is 0. The third kappa shape index (κ3) is 4.78. The first-order valence-electron chi connectivity index (χ1n) is 11.9. The largest absolute Gasteiger partial charge is 0.382 e. The number of ether oxygens (including phenoxy) is 1. The van der Waals surface area contributed by atoms with Crippen molar-refractivity contribution in [3.05, 3.63) is 52.6 Å². The number of rotatable bonds is 8. The van der Waals surface area contributed by atoms with Gasteiger partial charge >= 0.3 is 0 Å². The van der Waals surface area contributed by atoms with Gasteiger partial charge in [-0.3, -0.25) is 4.79 Å². The number of benzene rings is 1. The van der Waals surface area contributed by atoms with Crippen molar-refractivity contribution in [3.63, 3.8) is 0 Å². The molecule has 2 heterocycles. The SMILES string of the molecule is [2H]c1c([2H])c([2H])c(N(C(=O)CC)C2(COC)CCN(CCc3cccs3)CC2)c([2H])c1[2H]. The van der Waals surface area contributed by atoms with Gasteiger partial charge in [-0.05, 0) is 42.8 Å². The van der Waals surface area contributed by atoms with Crippen molar-refractivity contribution in [2.45, 2.75) is 38.1 Å². The monoisotopic (exact) mass is 391 g/mol. The number of piperidine rings is 1. The fourth-order valence-corrected chi connectivity index (χ4v) is 4.46. The van der Waals surface area contributed by atoms with E-state index >= 15 is 0 Å². The van der Waals surface area contributed by atoms with Gasteiger partial charge in [0.05, 0.1) is 19.0 Å². The third-order valence-corrected chi connectivity index (χ3v) is 6.13. The Kier molecular flexibility index (Phi) is 5.04. The van der Waals surface area contributed by atoms with Crippen LogP contribution in [0, 0.1) is 0 Å². The summed E-state index contributed by atoms with van der Waals surface area (Å²) in [5.41, 5.74) is -0.818. The molecule has 0 aliphatic carbocycles. The molecule has 1 saturated heterocycles. The smallest absolute Gasteiger partial charge is 0.227 e. The van der Waals surface area contributed by atoms with E-state index in [-0.39, 0.29) is 36.7 Å². The summed E-state index contributed by atoms with van der Waals surface area (Å²) in [5.74, 6) is -0.271. The highest BCUT2D eigenvalue weighted by Crippen LogP contribution is 2.34. The molecular weight excluding hydrogens is 356 g/mol. The van der Waals surface area contributed by atoms with Crippen LogP contribution in [-0.4, -0.2) is 49.7 Å². The van der Waals surface area contributed by atoms with Crippen molar-refractivity contribution in [1.82, 2.24) is 4.90 Å². The maximum Gasteiger partial charge on any atom is 0.227 e. The summed E-state index contributed by atoms with van der Waals surface area (Å²) in [4.78, 5) is 18.3. The number of thiophene rings is 1. The normalized spacial score (nSPS) is 19.6. The Morgan fingerprint density at radius 3 is 2.67 bits per heavy atom. The highest BCUT2D eigenvalue weighted by atomic mass is 32.1. The minimum absolute atomic E-state index is 0.0491. The van der Waals surface area contributed by atoms with Crippen LogP contribution in [0.5, 0.6) is 0 Å². The maximum atomic E-state index is 13.2. The van der Waals surface area contributed by atoms with E-state index in [1.165, 1.54) is 9.78 Å². The van der Waals surface area contributed by atoms with Crippen LogP contribution in [-0.2, 0) is 16.0 Å². The minimum atomic E-state index is -0.769. The number of nitrogens with zero attached hydrogens (tertiary/aromatic N) is 2. The second-order valence-electron chi connectivity index (χ2n) is 6.88. The molecule has 1 aromatic heterocycles. The van der Waals surface area contributed by atoms with Crippen LogP contribution in [0.15, 0.2) is 47.7 Å². The Labute approximate surface area is 173 Å². The van der Waals surface area contributed by atoms with Gasteiger partial charge < -0.3 is 14.5 Å². The highest BCUT2D eigenvalue weighted by molar-refractivity contribution is 7.09. The zero-order valence-electron chi connectivity index (χ0n) is 21.0. The highest BCUT2D eigenvalue weighted by Gasteiger charge is 2.42. The first-order chi connectivity index (χ1) is 15.3. The number of amides is 1. The predicted molar refractivity (Wildman–Crippen MR) is 113 cm³/mol. The summed E-state index contributed by atoms with van der Waals surface area (Å²) in [6.45, 7) is 4.35. The Balaban J connectivity index is 1.94. The Bertz CT molecular complexity index is 917. The van der Waals surface area contributed by atoms with Crippen molar-refractivity contribution in [2.24, 2.45) is 0 Å². The molecular formula is C22H30N2O2S. The summed E-state index contributed by atoms with van der Waals surface area (Å²) >= 11 is 1.74. The van der Waals surface area contributed by atoms with E-state index in [9.17, 15) is 4.79 Å². The van der Waals surface area contributed by atoms with E-state index in [2.05, 4.69) is 16.3 Å².